The summed E-state index contributed by atoms with van der Waals surface area (Å²) in [4.78, 5) is 12.8. The number of ether oxygens (including phenoxy) is 1. The van der Waals surface area contributed by atoms with Gasteiger partial charge in [0.15, 0.2) is 0 Å². The molecule has 1 aliphatic carbocycles. The average molecular weight is 375 g/mol. The van der Waals surface area contributed by atoms with Gasteiger partial charge in [0.1, 0.15) is 5.75 Å². The van der Waals surface area contributed by atoms with Gasteiger partial charge in [-0.05, 0) is 53.5 Å². The lowest BCUT2D eigenvalue weighted by Gasteiger charge is -2.20. The Morgan fingerprint density at radius 3 is 2.58 bits per heavy atom. The number of rotatable bonds is 7. The molecular weight excluding hydrogens is 350 g/mol. The Labute approximate surface area is 157 Å². The third kappa shape index (κ3) is 4.35. The molecule has 1 unspecified atom stereocenters. The van der Waals surface area contributed by atoms with Crippen LogP contribution in [0.5, 0.6) is 5.75 Å². The lowest BCUT2D eigenvalue weighted by molar-refractivity contribution is -0.116. The molecule has 1 heterocycles. The zero-order valence-corrected chi connectivity index (χ0v) is 16.2. The van der Waals surface area contributed by atoms with Crippen molar-refractivity contribution in [3.8, 4) is 5.75 Å². The maximum absolute atomic E-state index is 12.8. The molecule has 0 spiro atoms. The Morgan fingerprint density at radius 1 is 1.27 bits per heavy atom. The van der Waals surface area contributed by atoms with E-state index in [0.717, 1.165) is 29.4 Å². The van der Waals surface area contributed by atoms with Crippen LogP contribution in [0.4, 0.5) is 5.69 Å². The minimum Gasteiger partial charge on any atom is -0.497 e. The minimum absolute atomic E-state index is 0.0452. The standard InChI is InChI=1S/C18H25N5O2S/c1-12(2)16(17(24)19-13-8-10-15(25-3)11-9-13)26-18-20-21-22-23(18)14-6-4-5-7-14/h8-12,14,16H,4-7H2,1-3H3,(H,19,24). The number of tetrazole rings is 1. The van der Waals surface area contributed by atoms with E-state index >= 15 is 0 Å². The number of thioether (sulfide) groups is 1. The molecule has 26 heavy (non-hydrogen) atoms. The molecule has 1 saturated carbocycles. The molecule has 140 valence electrons. The number of nitrogens with one attached hydrogen (secondary N) is 1. The van der Waals surface area contributed by atoms with Gasteiger partial charge in [-0.3, -0.25) is 4.79 Å². The number of nitrogens with zero attached hydrogens (tertiary/aromatic N) is 4. The highest BCUT2D eigenvalue weighted by molar-refractivity contribution is 8.00. The summed E-state index contributed by atoms with van der Waals surface area (Å²) in [5, 5.41) is 15.6. The van der Waals surface area contributed by atoms with Gasteiger partial charge >= 0.3 is 0 Å². The van der Waals surface area contributed by atoms with Gasteiger partial charge in [0, 0.05) is 5.69 Å². The van der Waals surface area contributed by atoms with E-state index in [1.54, 1.807) is 7.11 Å². The Morgan fingerprint density at radius 2 is 1.96 bits per heavy atom. The first-order chi connectivity index (χ1) is 12.6. The molecule has 1 amide bonds. The van der Waals surface area contributed by atoms with Crippen LogP contribution in [0.25, 0.3) is 0 Å². The molecule has 1 N–H and O–H groups in total. The van der Waals surface area contributed by atoms with E-state index in [-0.39, 0.29) is 17.1 Å². The third-order valence-electron chi connectivity index (χ3n) is 4.59. The van der Waals surface area contributed by atoms with Crippen molar-refractivity contribution in [1.82, 2.24) is 20.2 Å². The van der Waals surface area contributed by atoms with Crippen LogP contribution in [0.3, 0.4) is 0 Å². The van der Waals surface area contributed by atoms with Gasteiger partial charge in [0.25, 0.3) is 0 Å². The van der Waals surface area contributed by atoms with E-state index in [9.17, 15) is 4.79 Å². The maximum Gasteiger partial charge on any atom is 0.238 e. The number of hydrogen-bond acceptors (Lipinski definition) is 6. The summed E-state index contributed by atoms with van der Waals surface area (Å²) in [6.45, 7) is 4.07. The van der Waals surface area contributed by atoms with Crippen molar-refractivity contribution in [2.75, 3.05) is 12.4 Å². The Balaban J connectivity index is 1.70. The van der Waals surface area contributed by atoms with Gasteiger partial charge in [0.05, 0.1) is 18.4 Å². The Bertz CT molecular complexity index is 725. The first-order valence-corrected chi connectivity index (χ1v) is 9.86. The van der Waals surface area contributed by atoms with Gasteiger partial charge in [-0.2, -0.15) is 0 Å². The fourth-order valence-electron chi connectivity index (χ4n) is 3.13. The Kier molecular flexibility index (Phi) is 6.13. The monoisotopic (exact) mass is 375 g/mol. The van der Waals surface area contributed by atoms with Crippen molar-refractivity contribution in [2.45, 2.75) is 56.0 Å². The van der Waals surface area contributed by atoms with Crippen LogP contribution in [0, 0.1) is 5.92 Å². The van der Waals surface area contributed by atoms with E-state index in [1.807, 2.05) is 42.8 Å². The second kappa shape index (κ2) is 8.53. The summed E-state index contributed by atoms with van der Waals surface area (Å²) in [5.41, 5.74) is 0.748. The molecule has 1 aromatic heterocycles. The molecule has 0 radical (unpaired) electrons. The number of aromatic nitrogens is 4. The van der Waals surface area contributed by atoms with E-state index < -0.39 is 0 Å². The molecule has 2 aromatic rings. The topological polar surface area (TPSA) is 81.9 Å². The number of anilines is 1. The Hall–Kier alpha value is -2.09. The second-order valence-corrected chi connectivity index (χ2v) is 7.95. The molecule has 8 heteroatoms. The summed E-state index contributed by atoms with van der Waals surface area (Å²) in [5.74, 6) is 0.858. The first kappa shape index (κ1) is 18.7. The van der Waals surface area contributed by atoms with Crippen LogP contribution in [0.15, 0.2) is 29.4 Å². The van der Waals surface area contributed by atoms with Crippen molar-refractivity contribution in [1.29, 1.82) is 0 Å². The summed E-state index contributed by atoms with van der Waals surface area (Å²) in [6.07, 6.45) is 4.62. The lowest BCUT2D eigenvalue weighted by atomic mass is 10.1. The quantitative estimate of drug-likeness (QED) is 0.745. The zero-order valence-electron chi connectivity index (χ0n) is 15.4. The number of methoxy groups -OCH3 is 1. The predicted octanol–water partition coefficient (Wildman–Crippen LogP) is 3.55. The molecule has 7 nitrogen and oxygen atoms in total. The fraction of sp³-hybridized carbons (Fsp3) is 0.556. The van der Waals surface area contributed by atoms with E-state index in [4.69, 9.17) is 4.74 Å². The fourth-order valence-corrected chi connectivity index (χ4v) is 4.18. The van der Waals surface area contributed by atoms with Crippen molar-refractivity contribution >= 4 is 23.4 Å². The highest BCUT2D eigenvalue weighted by Gasteiger charge is 2.29. The third-order valence-corrected chi connectivity index (χ3v) is 6.08. The normalized spacial score (nSPS) is 16.0. The van der Waals surface area contributed by atoms with Gasteiger partial charge < -0.3 is 10.1 Å². The van der Waals surface area contributed by atoms with Crippen LogP contribution in [0.1, 0.15) is 45.6 Å². The predicted molar refractivity (Wildman–Crippen MR) is 101 cm³/mol. The van der Waals surface area contributed by atoms with Crippen molar-refractivity contribution in [3.63, 3.8) is 0 Å². The zero-order chi connectivity index (χ0) is 18.5. The van der Waals surface area contributed by atoms with Gasteiger partial charge in [0.2, 0.25) is 11.1 Å². The van der Waals surface area contributed by atoms with Gasteiger partial charge in [-0.1, -0.05) is 38.5 Å². The summed E-state index contributed by atoms with van der Waals surface area (Å²) >= 11 is 1.44. The number of carbonyl (C=O) groups excluding carboxylic acids is 1. The number of hydrogen-bond donors (Lipinski definition) is 1. The van der Waals surface area contributed by atoms with Crippen molar-refractivity contribution in [3.05, 3.63) is 24.3 Å². The van der Waals surface area contributed by atoms with Crippen molar-refractivity contribution in [2.24, 2.45) is 5.92 Å². The highest BCUT2D eigenvalue weighted by Crippen LogP contribution is 2.34. The summed E-state index contributed by atoms with van der Waals surface area (Å²) < 4.78 is 7.05. The largest absolute Gasteiger partial charge is 0.497 e. The molecule has 3 rings (SSSR count). The number of amides is 1. The molecule has 0 saturated heterocycles. The highest BCUT2D eigenvalue weighted by atomic mass is 32.2. The summed E-state index contributed by atoms with van der Waals surface area (Å²) in [7, 11) is 1.62. The van der Waals surface area contributed by atoms with E-state index in [0.29, 0.717) is 6.04 Å². The molecule has 1 fully saturated rings. The summed E-state index contributed by atoms with van der Waals surface area (Å²) in [6, 6.07) is 7.68. The molecular formula is C18H25N5O2S. The van der Waals surface area contributed by atoms with Crippen LogP contribution in [-0.2, 0) is 4.79 Å². The average Bonchev–Trinajstić information content (AvgIpc) is 3.31. The minimum atomic E-state index is -0.275. The molecule has 1 aromatic carbocycles. The lowest BCUT2D eigenvalue weighted by Crippen LogP contribution is -2.30. The molecule has 1 atom stereocenters. The smallest absolute Gasteiger partial charge is 0.238 e. The van der Waals surface area contributed by atoms with E-state index in [2.05, 4.69) is 20.8 Å². The first-order valence-electron chi connectivity index (χ1n) is 8.98. The van der Waals surface area contributed by atoms with E-state index in [1.165, 1.54) is 24.6 Å². The van der Waals surface area contributed by atoms with Gasteiger partial charge in [-0.25, -0.2) is 4.68 Å². The molecule has 1 aliphatic rings. The maximum atomic E-state index is 12.8. The van der Waals surface area contributed by atoms with Crippen molar-refractivity contribution < 1.29 is 9.53 Å². The van der Waals surface area contributed by atoms with Crippen LogP contribution >= 0.6 is 11.8 Å². The van der Waals surface area contributed by atoms with Crippen LogP contribution < -0.4 is 10.1 Å². The van der Waals surface area contributed by atoms with Crippen LogP contribution in [0.2, 0.25) is 0 Å². The van der Waals surface area contributed by atoms with Gasteiger partial charge in [-0.15, -0.1) is 5.10 Å². The number of benzene rings is 1. The number of carbonyl (C=O) groups is 1. The molecule has 0 aliphatic heterocycles. The SMILES string of the molecule is COc1ccc(NC(=O)C(Sc2nnnn2C2CCCC2)C(C)C)cc1. The van der Waals surface area contributed by atoms with Crippen LogP contribution in [-0.4, -0.2) is 38.5 Å². The second-order valence-electron chi connectivity index (χ2n) is 6.84. The molecule has 0 bridgehead atoms.